The van der Waals surface area contributed by atoms with E-state index in [1.165, 1.54) is 10.3 Å². The Balaban J connectivity index is 0.914. The second kappa shape index (κ2) is 14.2. The Labute approximate surface area is 364 Å². The first-order valence-corrected chi connectivity index (χ1v) is 21.7. The van der Waals surface area contributed by atoms with Crippen molar-refractivity contribution >= 4 is 75.3 Å². The summed E-state index contributed by atoms with van der Waals surface area (Å²) in [5.74, 6) is 2.47. The second-order valence-electron chi connectivity index (χ2n) is 15.7. The summed E-state index contributed by atoms with van der Waals surface area (Å²) in [6.07, 6.45) is 0. The summed E-state index contributed by atoms with van der Waals surface area (Å²) in [6.45, 7) is 0. The molecule has 0 saturated heterocycles. The van der Waals surface area contributed by atoms with Gasteiger partial charge in [-0.25, -0.2) is 19.9 Å². The number of oxazole rings is 1. The number of fused-ring (bicyclic) bond motifs is 9. The zero-order valence-electron chi connectivity index (χ0n) is 33.5. The van der Waals surface area contributed by atoms with Gasteiger partial charge in [-0.15, -0.1) is 11.3 Å². The third-order valence-electron chi connectivity index (χ3n) is 12.0. The minimum Gasteiger partial charge on any atom is -0.456 e. The van der Waals surface area contributed by atoms with Crippen molar-refractivity contribution in [3.8, 4) is 67.9 Å². The van der Waals surface area contributed by atoms with Crippen LogP contribution in [0.4, 0.5) is 0 Å². The Kier molecular flexibility index (Phi) is 7.98. The van der Waals surface area contributed by atoms with E-state index in [9.17, 15) is 0 Å². The van der Waals surface area contributed by atoms with Gasteiger partial charge in [0, 0.05) is 53.2 Å². The molecule has 0 bridgehead atoms. The molecular weight excluding hydrogens is 793 g/mol. The normalized spacial score (nSPS) is 11.8. The van der Waals surface area contributed by atoms with Crippen molar-refractivity contribution in [2.24, 2.45) is 0 Å². The Bertz CT molecular complexity index is 3910. The van der Waals surface area contributed by atoms with Gasteiger partial charge in [-0.3, -0.25) is 0 Å². The van der Waals surface area contributed by atoms with E-state index in [2.05, 4.69) is 121 Å². The second-order valence-corrected chi connectivity index (χ2v) is 16.8. The van der Waals surface area contributed by atoms with Gasteiger partial charge in [0.05, 0.1) is 0 Å². The molecule has 13 aromatic rings. The molecule has 4 aromatic heterocycles. The molecule has 0 saturated carbocycles. The molecule has 6 nitrogen and oxygen atoms in total. The quantitative estimate of drug-likeness (QED) is 0.166. The predicted octanol–water partition coefficient (Wildman–Crippen LogP) is 15.4. The molecule has 294 valence electrons. The summed E-state index contributed by atoms with van der Waals surface area (Å²) in [5, 5.41) is 6.50. The molecule has 0 N–H and O–H groups in total. The Hall–Kier alpha value is -8.26. The summed E-state index contributed by atoms with van der Waals surface area (Å²) >= 11 is 1.78. The standard InChI is InChI=1S/C56H32N4O2S/c1-3-12-33(13-4-1)34-22-24-36(25-23-34)54-58-53(35-14-5-2-6-15-35)59-55(60-54)41-29-28-38(39-16-7-8-17-40(39)41)37-26-27-43-49(32-37)63-48-31-30-47-52(51(43)48)57-56(62-47)44-19-11-21-46-50(44)42-18-9-10-20-45(42)61-46/h1-32H. The van der Waals surface area contributed by atoms with E-state index in [1.807, 2.05) is 72.8 Å². The molecule has 13 rings (SSSR count). The fraction of sp³-hybridized carbons (Fsp3) is 0. The molecule has 0 aliphatic rings. The summed E-state index contributed by atoms with van der Waals surface area (Å²) in [7, 11) is 0. The van der Waals surface area contributed by atoms with Crippen LogP contribution in [0.5, 0.6) is 0 Å². The van der Waals surface area contributed by atoms with Crippen molar-refractivity contribution in [2.45, 2.75) is 0 Å². The first kappa shape index (κ1) is 35.5. The van der Waals surface area contributed by atoms with E-state index in [4.69, 9.17) is 28.8 Å². The van der Waals surface area contributed by atoms with Crippen LogP contribution in [0, 0.1) is 0 Å². The minimum absolute atomic E-state index is 0.583. The van der Waals surface area contributed by atoms with Crippen LogP contribution >= 0.6 is 11.3 Å². The molecule has 0 fully saturated rings. The summed E-state index contributed by atoms with van der Waals surface area (Å²) < 4.78 is 15.1. The molecule has 0 unspecified atom stereocenters. The number of benzene rings is 9. The number of para-hydroxylation sites is 1. The monoisotopic (exact) mass is 824 g/mol. The number of furan rings is 1. The number of hydrogen-bond donors (Lipinski definition) is 0. The van der Waals surface area contributed by atoms with Crippen LogP contribution in [0.1, 0.15) is 0 Å². The van der Waals surface area contributed by atoms with Crippen LogP contribution < -0.4 is 0 Å². The molecule has 0 radical (unpaired) electrons. The molecular formula is C56H32N4O2S. The van der Waals surface area contributed by atoms with Crippen LogP contribution in [0.3, 0.4) is 0 Å². The van der Waals surface area contributed by atoms with Gasteiger partial charge in [0.25, 0.3) is 0 Å². The smallest absolute Gasteiger partial charge is 0.228 e. The molecule has 4 heterocycles. The summed E-state index contributed by atoms with van der Waals surface area (Å²) in [4.78, 5) is 20.5. The van der Waals surface area contributed by atoms with Gasteiger partial charge in [0.15, 0.2) is 23.1 Å². The molecule has 0 spiro atoms. The van der Waals surface area contributed by atoms with Crippen molar-refractivity contribution in [1.29, 1.82) is 0 Å². The number of thiophene rings is 1. The lowest BCUT2D eigenvalue weighted by atomic mass is 9.94. The maximum Gasteiger partial charge on any atom is 0.228 e. The lowest BCUT2D eigenvalue weighted by Gasteiger charge is -2.13. The van der Waals surface area contributed by atoms with Crippen molar-refractivity contribution in [2.75, 3.05) is 0 Å². The number of aromatic nitrogens is 4. The highest BCUT2D eigenvalue weighted by atomic mass is 32.1. The highest BCUT2D eigenvalue weighted by Crippen LogP contribution is 2.44. The van der Waals surface area contributed by atoms with Crippen molar-refractivity contribution in [3.05, 3.63) is 194 Å². The molecule has 0 amide bonds. The van der Waals surface area contributed by atoms with Crippen LogP contribution in [0.2, 0.25) is 0 Å². The Morgan fingerprint density at radius 1 is 0.317 bits per heavy atom. The average molecular weight is 825 g/mol. The fourth-order valence-electron chi connectivity index (χ4n) is 9.02. The van der Waals surface area contributed by atoms with E-state index in [0.717, 1.165) is 98.2 Å². The number of nitrogens with zero attached hydrogens (tertiary/aromatic N) is 4. The first-order chi connectivity index (χ1) is 31.2. The van der Waals surface area contributed by atoms with Gasteiger partial charge in [-0.2, -0.15) is 0 Å². The third kappa shape index (κ3) is 5.86. The Morgan fingerprint density at radius 3 is 1.71 bits per heavy atom. The zero-order valence-corrected chi connectivity index (χ0v) is 34.3. The van der Waals surface area contributed by atoms with E-state index in [1.54, 1.807) is 11.3 Å². The maximum atomic E-state index is 6.52. The molecule has 0 atom stereocenters. The lowest BCUT2D eigenvalue weighted by molar-refractivity contribution is 0.620. The topological polar surface area (TPSA) is 77.8 Å². The fourth-order valence-corrected chi connectivity index (χ4v) is 10.2. The van der Waals surface area contributed by atoms with E-state index in [-0.39, 0.29) is 0 Å². The summed E-state index contributed by atoms with van der Waals surface area (Å²) in [6, 6.07) is 67.0. The van der Waals surface area contributed by atoms with Gasteiger partial charge >= 0.3 is 0 Å². The van der Waals surface area contributed by atoms with Crippen molar-refractivity contribution in [3.63, 3.8) is 0 Å². The van der Waals surface area contributed by atoms with Gasteiger partial charge in [-0.1, -0.05) is 152 Å². The predicted molar refractivity (Wildman–Crippen MR) is 258 cm³/mol. The van der Waals surface area contributed by atoms with Crippen LogP contribution in [0.15, 0.2) is 203 Å². The average Bonchev–Trinajstić information content (AvgIpc) is 4.07. The van der Waals surface area contributed by atoms with Gasteiger partial charge in [0.1, 0.15) is 16.7 Å². The molecule has 0 aliphatic carbocycles. The van der Waals surface area contributed by atoms with Crippen molar-refractivity contribution in [1.82, 2.24) is 19.9 Å². The molecule has 0 aliphatic heterocycles. The molecule has 7 heteroatoms. The molecule has 63 heavy (non-hydrogen) atoms. The highest BCUT2D eigenvalue weighted by Gasteiger charge is 2.21. The number of rotatable bonds is 6. The maximum absolute atomic E-state index is 6.52. The van der Waals surface area contributed by atoms with Gasteiger partial charge < -0.3 is 8.83 Å². The van der Waals surface area contributed by atoms with E-state index in [0.29, 0.717) is 23.4 Å². The summed E-state index contributed by atoms with van der Waals surface area (Å²) in [5.41, 5.74) is 11.6. The largest absolute Gasteiger partial charge is 0.456 e. The minimum atomic E-state index is 0.583. The number of hydrogen-bond acceptors (Lipinski definition) is 7. The van der Waals surface area contributed by atoms with E-state index < -0.39 is 0 Å². The lowest BCUT2D eigenvalue weighted by Crippen LogP contribution is -2.00. The van der Waals surface area contributed by atoms with Crippen LogP contribution in [-0.2, 0) is 0 Å². The van der Waals surface area contributed by atoms with Crippen LogP contribution in [0.25, 0.3) is 132 Å². The van der Waals surface area contributed by atoms with Gasteiger partial charge in [0.2, 0.25) is 5.89 Å². The first-order valence-electron chi connectivity index (χ1n) is 20.9. The zero-order chi connectivity index (χ0) is 41.4. The Morgan fingerprint density at radius 2 is 0.921 bits per heavy atom. The van der Waals surface area contributed by atoms with Crippen molar-refractivity contribution < 1.29 is 8.83 Å². The van der Waals surface area contributed by atoms with Gasteiger partial charge in [-0.05, 0) is 75.5 Å². The highest BCUT2D eigenvalue weighted by molar-refractivity contribution is 7.26. The molecule has 9 aromatic carbocycles. The SMILES string of the molecule is c1ccc(-c2ccc(-c3nc(-c4ccccc4)nc(-c4ccc(-c5ccc6c(c5)sc5ccc7oc(-c8cccc9oc%10ccccc%10c89)nc7c56)c5ccccc45)n3)cc2)cc1. The van der Waals surface area contributed by atoms with Crippen LogP contribution in [-0.4, -0.2) is 19.9 Å². The van der Waals surface area contributed by atoms with E-state index >= 15 is 0 Å². The third-order valence-corrected chi connectivity index (χ3v) is 13.1.